The van der Waals surface area contributed by atoms with Crippen LogP contribution in [0.25, 0.3) is 0 Å². The van der Waals surface area contributed by atoms with Gasteiger partial charge in [0.1, 0.15) is 0 Å². The third-order valence-corrected chi connectivity index (χ3v) is 3.15. The average Bonchev–Trinajstić information content (AvgIpc) is 2.41. The van der Waals surface area contributed by atoms with E-state index in [-0.39, 0.29) is 0 Å². The smallest absolute Gasteiger partial charge is 0.0106 e. The standard InChI is InChI=1S/C8H15NS/c9-6-2-1-4-8-5-3-7-10-8/h1-2,8H,3-7,9H2/b2-1-. The molecule has 0 aromatic rings. The highest BCUT2D eigenvalue weighted by Crippen LogP contribution is 2.28. The van der Waals surface area contributed by atoms with E-state index in [1.165, 1.54) is 25.0 Å². The fraction of sp³-hybridized carbons (Fsp3) is 0.750. The van der Waals surface area contributed by atoms with Crippen molar-refractivity contribution < 1.29 is 0 Å². The van der Waals surface area contributed by atoms with Gasteiger partial charge in [0.05, 0.1) is 0 Å². The number of rotatable bonds is 3. The molecule has 1 aliphatic rings. The van der Waals surface area contributed by atoms with E-state index in [0.29, 0.717) is 6.54 Å². The summed E-state index contributed by atoms with van der Waals surface area (Å²) in [6.07, 6.45) is 8.30. The Bertz CT molecular complexity index is 106. The molecule has 2 N–H and O–H groups in total. The van der Waals surface area contributed by atoms with Crippen LogP contribution in [0.15, 0.2) is 12.2 Å². The first-order chi connectivity index (χ1) is 4.93. The van der Waals surface area contributed by atoms with Crippen LogP contribution in [0.4, 0.5) is 0 Å². The van der Waals surface area contributed by atoms with Gasteiger partial charge in [0.15, 0.2) is 0 Å². The van der Waals surface area contributed by atoms with Gasteiger partial charge in [0, 0.05) is 11.8 Å². The zero-order valence-corrected chi connectivity index (χ0v) is 7.07. The van der Waals surface area contributed by atoms with Gasteiger partial charge in [-0.05, 0) is 25.0 Å². The highest BCUT2D eigenvalue weighted by atomic mass is 32.2. The minimum absolute atomic E-state index is 0.692. The van der Waals surface area contributed by atoms with Gasteiger partial charge in [-0.25, -0.2) is 0 Å². The van der Waals surface area contributed by atoms with Crippen LogP contribution >= 0.6 is 11.8 Å². The number of nitrogens with two attached hydrogens (primary N) is 1. The Morgan fingerprint density at radius 2 is 2.40 bits per heavy atom. The van der Waals surface area contributed by atoms with Crippen molar-refractivity contribution in [3.63, 3.8) is 0 Å². The molecule has 10 heavy (non-hydrogen) atoms. The van der Waals surface area contributed by atoms with Gasteiger partial charge >= 0.3 is 0 Å². The van der Waals surface area contributed by atoms with Gasteiger partial charge < -0.3 is 5.73 Å². The minimum Gasteiger partial charge on any atom is -0.327 e. The van der Waals surface area contributed by atoms with Crippen LogP contribution in [0.5, 0.6) is 0 Å². The maximum atomic E-state index is 5.32. The predicted molar refractivity (Wildman–Crippen MR) is 48.3 cm³/mol. The molecule has 1 aliphatic heterocycles. The lowest BCUT2D eigenvalue weighted by molar-refractivity contribution is 0.790. The molecule has 0 amide bonds. The van der Waals surface area contributed by atoms with Gasteiger partial charge in [-0.3, -0.25) is 0 Å². The van der Waals surface area contributed by atoms with Crippen LogP contribution in [-0.4, -0.2) is 17.5 Å². The second kappa shape index (κ2) is 4.80. The molecule has 0 aliphatic carbocycles. The van der Waals surface area contributed by atoms with Crippen LogP contribution in [0.1, 0.15) is 19.3 Å². The maximum Gasteiger partial charge on any atom is 0.0106 e. The lowest BCUT2D eigenvalue weighted by atomic mass is 10.2. The van der Waals surface area contributed by atoms with Crippen molar-refractivity contribution in [3.8, 4) is 0 Å². The largest absolute Gasteiger partial charge is 0.327 e. The maximum absolute atomic E-state index is 5.32. The number of hydrogen-bond donors (Lipinski definition) is 1. The molecule has 0 bridgehead atoms. The second-order valence-corrected chi connectivity index (χ2v) is 3.99. The molecule has 1 heterocycles. The van der Waals surface area contributed by atoms with Gasteiger partial charge in [0.2, 0.25) is 0 Å². The van der Waals surface area contributed by atoms with Crippen molar-refractivity contribution in [2.45, 2.75) is 24.5 Å². The van der Waals surface area contributed by atoms with Gasteiger partial charge in [-0.2, -0.15) is 11.8 Å². The lowest BCUT2D eigenvalue weighted by Gasteiger charge is -2.01. The Morgan fingerprint density at radius 1 is 1.50 bits per heavy atom. The van der Waals surface area contributed by atoms with Crippen LogP contribution in [0.2, 0.25) is 0 Å². The molecule has 0 radical (unpaired) electrons. The Labute approximate surface area is 67.1 Å². The third kappa shape index (κ3) is 2.76. The predicted octanol–water partition coefficient (Wildman–Crippen LogP) is 1.79. The van der Waals surface area contributed by atoms with E-state index in [2.05, 4.69) is 23.9 Å². The van der Waals surface area contributed by atoms with E-state index in [1.807, 2.05) is 0 Å². The first-order valence-electron chi connectivity index (χ1n) is 3.90. The normalized spacial score (nSPS) is 26.3. The van der Waals surface area contributed by atoms with Crippen molar-refractivity contribution in [2.24, 2.45) is 5.73 Å². The lowest BCUT2D eigenvalue weighted by Crippen LogP contribution is -1.95. The first kappa shape index (κ1) is 8.15. The monoisotopic (exact) mass is 157 g/mol. The summed E-state index contributed by atoms with van der Waals surface area (Å²) in [6, 6.07) is 0. The molecular formula is C8H15NS. The van der Waals surface area contributed by atoms with E-state index < -0.39 is 0 Å². The number of hydrogen-bond acceptors (Lipinski definition) is 2. The van der Waals surface area contributed by atoms with Crippen molar-refractivity contribution in [2.75, 3.05) is 12.3 Å². The SMILES string of the molecule is NC/C=C\CC1CCCS1. The fourth-order valence-corrected chi connectivity index (χ4v) is 2.42. The molecule has 2 heteroatoms. The Hall–Kier alpha value is 0.0500. The zero-order chi connectivity index (χ0) is 7.23. The van der Waals surface area contributed by atoms with E-state index in [4.69, 9.17) is 5.73 Å². The quantitative estimate of drug-likeness (QED) is 0.632. The highest BCUT2D eigenvalue weighted by Gasteiger charge is 2.12. The molecule has 1 atom stereocenters. The molecule has 1 nitrogen and oxygen atoms in total. The third-order valence-electron chi connectivity index (χ3n) is 1.73. The van der Waals surface area contributed by atoms with Crippen molar-refractivity contribution in [1.82, 2.24) is 0 Å². The number of thioether (sulfide) groups is 1. The molecule has 58 valence electrons. The molecule has 1 saturated heterocycles. The van der Waals surface area contributed by atoms with Gasteiger partial charge in [-0.15, -0.1) is 0 Å². The highest BCUT2D eigenvalue weighted by molar-refractivity contribution is 8.00. The Morgan fingerprint density at radius 3 is 3.00 bits per heavy atom. The molecule has 0 spiro atoms. The van der Waals surface area contributed by atoms with Gasteiger partial charge in [0.25, 0.3) is 0 Å². The van der Waals surface area contributed by atoms with Crippen LogP contribution in [-0.2, 0) is 0 Å². The summed E-state index contributed by atoms with van der Waals surface area (Å²) in [5, 5.41) is 0.891. The zero-order valence-electron chi connectivity index (χ0n) is 6.25. The minimum atomic E-state index is 0.692. The van der Waals surface area contributed by atoms with E-state index in [1.54, 1.807) is 0 Å². The summed E-state index contributed by atoms with van der Waals surface area (Å²) < 4.78 is 0. The molecular weight excluding hydrogens is 142 g/mol. The summed E-state index contributed by atoms with van der Waals surface area (Å²) in [7, 11) is 0. The summed E-state index contributed by atoms with van der Waals surface area (Å²) in [6.45, 7) is 0.692. The van der Waals surface area contributed by atoms with Crippen LogP contribution in [0.3, 0.4) is 0 Å². The molecule has 0 aromatic carbocycles. The van der Waals surface area contributed by atoms with Crippen LogP contribution in [0, 0.1) is 0 Å². The van der Waals surface area contributed by atoms with Crippen molar-refractivity contribution >= 4 is 11.8 Å². The Kier molecular flexibility index (Phi) is 3.91. The summed E-state index contributed by atoms with van der Waals surface area (Å²) in [5.74, 6) is 1.36. The van der Waals surface area contributed by atoms with Crippen LogP contribution < -0.4 is 5.73 Å². The molecule has 1 fully saturated rings. The number of allylic oxidation sites excluding steroid dienone is 1. The van der Waals surface area contributed by atoms with E-state index in [0.717, 1.165) is 5.25 Å². The fourth-order valence-electron chi connectivity index (χ4n) is 1.17. The summed E-state index contributed by atoms with van der Waals surface area (Å²) in [4.78, 5) is 0. The second-order valence-electron chi connectivity index (χ2n) is 2.58. The molecule has 0 aromatic heterocycles. The van der Waals surface area contributed by atoms with Crippen molar-refractivity contribution in [1.29, 1.82) is 0 Å². The average molecular weight is 157 g/mol. The topological polar surface area (TPSA) is 26.0 Å². The molecule has 0 saturated carbocycles. The first-order valence-corrected chi connectivity index (χ1v) is 4.95. The van der Waals surface area contributed by atoms with Gasteiger partial charge in [-0.1, -0.05) is 12.2 Å². The Balaban J connectivity index is 2.06. The summed E-state index contributed by atoms with van der Waals surface area (Å²) >= 11 is 2.10. The molecule has 1 unspecified atom stereocenters. The van der Waals surface area contributed by atoms with Crippen molar-refractivity contribution in [3.05, 3.63) is 12.2 Å². The summed E-state index contributed by atoms with van der Waals surface area (Å²) in [5.41, 5.74) is 5.32. The molecule has 1 rings (SSSR count). The van der Waals surface area contributed by atoms with E-state index >= 15 is 0 Å². The van der Waals surface area contributed by atoms with E-state index in [9.17, 15) is 0 Å².